The lowest BCUT2D eigenvalue weighted by Crippen LogP contribution is -2.11. The van der Waals surface area contributed by atoms with Crippen LogP contribution in [0.2, 0.25) is 5.02 Å². The van der Waals surface area contributed by atoms with E-state index < -0.39 is 0 Å². The Morgan fingerprint density at radius 1 is 1.09 bits per heavy atom. The van der Waals surface area contributed by atoms with Gasteiger partial charge < -0.3 is 5.32 Å². The lowest BCUT2D eigenvalue weighted by molar-refractivity contribution is -0.114. The predicted molar refractivity (Wildman–Crippen MR) is 93.3 cm³/mol. The van der Waals surface area contributed by atoms with E-state index in [1.165, 1.54) is 18.3 Å². The molecule has 7 heteroatoms. The van der Waals surface area contributed by atoms with E-state index in [2.05, 4.69) is 15.6 Å². The average molecular weight is 346 g/mol. The number of amides is 2. The summed E-state index contributed by atoms with van der Waals surface area (Å²) in [5.74, 6) is -0.382. The first kappa shape index (κ1) is 15.5. The first-order valence-electron chi connectivity index (χ1n) is 6.76. The van der Waals surface area contributed by atoms with Crippen LogP contribution >= 0.6 is 22.9 Å². The zero-order valence-corrected chi connectivity index (χ0v) is 13.7. The molecule has 0 spiro atoms. The Labute approximate surface area is 141 Å². The minimum atomic E-state index is -0.247. The van der Waals surface area contributed by atoms with Gasteiger partial charge in [0.1, 0.15) is 0 Å². The Morgan fingerprint density at radius 2 is 1.83 bits per heavy atom. The van der Waals surface area contributed by atoms with E-state index in [1.54, 1.807) is 36.4 Å². The molecule has 0 bridgehead atoms. The highest BCUT2D eigenvalue weighted by molar-refractivity contribution is 7.22. The van der Waals surface area contributed by atoms with Crippen molar-refractivity contribution in [3.8, 4) is 0 Å². The predicted octanol–water partition coefficient (Wildman–Crippen LogP) is 4.16. The molecule has 2 aromatic carbocycles. The number of nitrogens with one attached hydrogen (secondary N) is 2. The van der Waals surface area contributed by atoms with Gasteiger partial charge in [-0.05, 0) is 42.5 Å². The van der Waals surface area contributed by atoms with Gasteiger partial charge in [0.25, 0.3) is 5.91 Å². The maximum absolute atomic E-state index is 12.2. The number of benzene rings is 2. The summed E-state index contributed by atoms with van der Waals surface area (Å²) in [4.78, 5) is 27.6. The maximum atomic E-state index is 12.2. The number of hydrogen-bond donors (Lipinski definition) is 2. The lowest BCUT2D eigenvalue weighted by Gasteiger charge is -2.01. The number of fused-ring (bicyclic) bond motifs is 1. The Morgan fingerprint density at radius 3 is 2.52 bits per heavy atom. The van der Waals surface area contributed by atoms with Gasteiger partial charge >= 0.3 is 0 Å². The van der Waals surface area contributed by atoms with Crippen LogP contribution in [0.3, 0.4) is 0 Å². The molecule has 5 nitrogen and oxygen atoms in total. The molecule has 0 saturated carbocycles. The van der Waals surface area contributed by atoms with Gasteiger partial charge in [-0.3, -0.25) is 14.9 Å². The summed E-state index contributed by atoms with van der Waals surface area (Å²) in [6.07, 6.45) is 0. The van der Waals surface area contributed by atoms with Crippen molar-refractivity contribution < 1.29 is 9.59 Å². The zero-order valence-electron chi connectivity index (χ0n) is 12.1. The number of carbonyl (C=O) groups excluding carboxylic acids is 2. The quantitative estimate of drug-likeness (QED) is 0.748. The molecule has 0 fully saturated rings. The van der Waals surface area contributed by atoms with E-state index in [9.17, 15) is 9.59 Å². The fourth-order valence-corrected chi connectivity index (χ4v) is 3.06. The number of halogens is 1. The highest BCUT2D eigenvalue weighted by atomic mass is 35.5. The molecule has 0 saturated heterocycles. The molecule has 2 amide bonds. The summed E-state index contributed by atoms with van der Waals surface area (Å²) in [5, 5.41) is 6.56. The van der Waals surface area contributed by atoms with E-state index >= 15 is 0 Å². The van der Waals surface area contributed by atoms with Crippen molar-refractivity contribution in [2.45, 2.75) is 6.92 Å². The summed E-state index contributed by atoms with van der Waals surface area (Å²) in [6, 6.07) is 12.0. The summed E-state index contributed by atoms with van der Waals surface area (Å²) in [5.41, 5.74) is 1.97. The number of anilines is 2. The van der Waals surface area contributed by atoms with Gasteiger partial charge in [0.2, 0.25) is 5.91 Å². The van der Waals surface area contributed by atoms with Crippen LogP contribution in [0.1, 0.15) is 17.3 Å². The molecular weight excluding hydrogens is 334 g/mol. The van der Waals surface area contributed by atoms with Crippen molar-refractivity contribution in [2.75, 3.05) is 10.6 Å². The molecule has 1 heterocycles. The van der Waals surface area contributed by atoms with Crippen molar-refractivity contribution in [3.63, 3.8) is 0 Å². The van der Waals surface area contributed by atoms with Crippen LogP contribution in [0.25, 0.3) is 10.2 Å². The number of nitrogens with zero attached hydrogens (tertiary/aromatic N) is 1. The average Bonchev–Trinajstić information content (AvgIpc) is 2.88. The van der Waals surface area contributed by atoms with E-state index in [0.29, 0.717) is 21.4 Å². The topological polar surface area (TPSA) is 71.1 Å². The Kier molecular flexibility index (Phi) is 4.27. The number of thiazole rings is 1. The summed E-state index contributed by atoms with van der Waals surface area (Å²) >= 11 is 7.15. The number of carbonyl (C=O) groups is 2. The first-order chi connectivity index (χ1) is 11.0. The van der Waals surface area contributed by atoms with Crippen molar-refractivity contribution in [1.29, 1.82) is 0 Å². The lowest BCUT2D eigenvalue weighted by atomic mass is 10.2. The van der Waals surface area contributed by atoms with Gasteiger partial charge in [-0.2, -0.15) is 0 Å². The third-order valence-electron chi connectivity index (χ3n) is 3.04. The normalized spacial score (nSPS) is 10.5. The molecule has 2 N–H and O–H groups in total. The molecule has 0 aliphatic carbocycles. The SMILES string of the molecule is CC(=O)Nc1ccc2nc(NC(=O)c3ccc(Cl)cc3)sc2c1. The van der Waals surface area contributed by atoms with Crippen LogP contribution in [0.5, 0.6) is 0 Å². The van der Waals surface area contributed by atoms with Crippen molar-refractivity contribution in [2.24, 2.45) is 0 Å². The molecule has 1 aromatic heterocycles. The highest BCUT2D eigenvalue weighted by Crippen LogP contribution is 2.28. The van der Waals surface area contributed by atoms with Gasteiger partial charge in [-0.15, -0.1) is 0 Å². The molecule has 0 aliphatic rings. The highest BCUT2D eigenvalue weighted by Gasteiger charge is 2.10. The second-order valence-electron chi connectivity index (χ2n) is 4.84. The summed E-state index contributed by atoms with van der Waals surface area (Å²) < 4.78 is 0.877. The van der Waals surface area contributed by atoms with Gasteiger partial charge in [0.15, 0.2) is 5.13 Å². The fourth-order valence-electron chi connectivity index (χ4n) is 2.03. The van der Waals surface area contributed by atoms with Crippen LogP contribution in [0.15, 0.2) is 42.5 Å². The summed E-state index contributed by atoms with van der Waals surface area (Å²) in [6.45, 7) is 1.45. The third-order valence-corrected chi connectivity index (χ3v) is 4.22. The second kappa shape index (κ2) is 6.36. The molecule has 0 aliphatic heterocycles. The molecule has 0 unspecified atom stereocenters. The Hall–Kier alpha value is -2.44. The molecule has 0 radical (unpaired) electrons. The van der Waals surface area contributed by atoms with E-state index in [1.807, 2.05) is 6.07 Å². The van der Waals surface area contributed by atoms with Gasteiger partial charge in [-0.1, -0.05) is 22.9 Å². The van der Waals surface area contributed by atoms with Crippen molar-refractivity contribution in [3.05, 3.63) is 53.1 Å². The monoisotopic (exact) mass is 345 g/mol. The molecule has 0 atom stereocenters. The maximum Gasteiger partial charge on any atom is 0.257 e. The Bertz CT molecular complexity index is 890. The smallest absolute Gasteiger partial charge is 0.257 e. The minimum Gasteiger partial charge on any atom is -0.326 e. The van der Waals surface area contributed by atoms with Crippen LogP contribution < -0.4 is 10.6 Å². The van der Waals surface area contributed by atoms with Gasteiger partial charge in [0.05, 0.1) is 10.2 Å². The van der Waals surface area contributed by atoms with Crippen LogP contribution in [-0.4, -0.2) is 16.8 Å². The zero-order chi connectivity index (χ0) is 16.4. The summed E-state index contributed by atoms with van der Waals surface area (Å²) in [7, 11) is 0. The molecule has 3 aromatic rings. The number of hydrogen-bond acceptors (Lipinski definition) is 4. The largest absolute Gasteiger partial charge is 0.326 e. The number of aromatic nitrogens is 1. The Balaban J connectivity index is 1.81. The molecule has 116 valence electrons. The van der Waals surface area contributed by atoms with Crippen LogP contribution in [-0.2, 0) is 4.79 Å². The van der Waals surface area contributed by atoms with Crippen molar-refractivity contribution >= 4 is 55.8 Å². The standard InChI is InChI=1S/C16H12ClN3O2S/c1-9(21)18-12-6-7-13-14(8-12)23-16(19-13)20-15(22)10-2-4-11(17)5-3-10/h2-8H,1H3,(H,18,21)(H,19,20,22). The molecule has 3 rings (SSSR count). The van der Waals surface area contributed by atoms with Crippen molar-refractivity contribution in [1.82, 2.24) is 4.98 Å². The van der Waals surface area contributed by atoms with Gasteiger partial charge in [-0.25, -0.2) is 4.98 Å². The van der Waals surface area contributed by atoms with Crippen LogP contribution in [0, 0.1) is 0 Å². The molecular formula is C16H12ClN3O2S. The minimum absolute atomic E-state index is 0.134. The van der Waals surface area contributed by atoms with Gasteiger partial charge in [0, 0.05) is 23.2 Å². The van der Waals surface area contributed by atoms with E-state index in [-0.39, 0.29) is 11.8 Å². The fraction of sp³-hybridized carbons (Fsp3) is 0.0625. The van der Waals surface area contributed by atoms with E-state index in [4.69, 9.17) is 11.6 Å². The number of rotatable bonds is 3. The first-order valence-corrected chi connectivity index (χ1v) is 7.96. The van der Waals surface area contributed by atoms with E-state index in [0.717, 1.165) is 10.2 Å². The third kappa shape index (κ3) is 3.67. The second-order valence-corrected chi connectivity index (χ2v) is 6.31. The van der Waals surface area contributed by atoms with Crippen LogP contribution in [0.4, 0.5) is 10.8 Å². The molecule has 23 heavy (non-hydrogen) atoms.